The van der Waals surface area contributed by atoms with E-state index in [4.69, 9.17) is 4.74 Å². The predicted octanol–water partition coefficient (Wildman–Crippen LogP) is 3.69. The number of hydrogen-bond donors (Lipinski definition) is 1. The second kappa shape index (κ2) is 8.49. The normalized spacial score (nSPS) is 11.9. The number of benzene rings is 2. The SMILES string of the molecule is COc1ccc(-n2nnnc2SC(C)C(=O)Nc2ccc(Br)cc2F)cc1. The quantitative estimate of drug-likeness (QED) is 0.575. The van der Waals surface area contributed by atoms with Gasteiger partial charge in [0.2, 0.25) is 11.1 Å². The van der Waals surface area contributed by atoms with Gasteiger partial charge in [0.1, 0.15) is 11.6 Å². The number of thioether (sulfide) groups is 1. The van der Waals surface area contributed by atoms with Crippen molar-refractivity contribution < 1.29 is 13.9 Å². The van der Waals surface area contributed by atoms with Crippen LogP contribution in [0.2, 0.25) is 0 Å². The van der Waals surface area contributed by atoms with Gasteiger partial charge in [-0.05, 0) is 59.8 Å². The summed E-state index contributed by atoms with van der Waals surface area (Å²) in [7, 11) is 1.59. The number of amides is 1. The van der Waals surface area contributed by atoms with E-state index in [1.165, 1.54) is 28.6 Å². The summed E-state index contributed by atoms with van der Waals surface area (Å²) in [6.07, 6.45) is 0. The van der Waals surface area contributed by atoms with Crippen LogP contribution in [0, 0.1) is 5.82 Å². The molecule has 1 N–H and O–H groups in total. The first kappa shape index (κ1) is 19.3. The molecule has 3 aromatic rings. The van der Waals surface area contributed by atoms with E-state index < -0.39 is 11.1 Å². The summed E-state index contributed by atoms with van der Waals surface area (Å²) >= 11 is 4.35. The number of rotatable bonds is 6. The van der Waals surface area contributed by atoms with Crippen LogP contribution in [0.25, 0.3) is 5.69 Å². The standard InChI is InChI=1S/C17H15BrFN5O2S/c1-10(16(25)20-15-8-3-11(18)9-14(15)19)27-17-21-22-23-24(17)12-4-6-13(26-2)7-5-12/h3-10H,1-2H3,(H,20,25). The fourth-order valence-electron chi connectivity index (χ4n) is 2.17. The van der Waals surface area contributed by atoms with Crippen molar-refractivity contribution in [2.75, 3.05) is 12.4 Å². The van der Waals surface area contributed by atoms with Crippen LogP contribution >= 0.6 is 27.7 Å². The first-order valence-electron chi connectivity index (χ1n) is 7.83. The Morgan fingerprint density at radius 1 is 1.30 bits per heavy atom. The van der Waals surface area contributed by atoms with Crippen molar-refractivity contribution in [3.63, 3.8) is 0 Å². The highest BCUT2D eigenvalue weighted by atomic mass is 79.9. The van der Waals surface area contributed by atoms with Crippen LogP contribution in [0.15, 0.2) is 52.1 Å². The lowest BCUT2D eigenvalue weighted by atomic mass is 10.3. The molecule has 2 aromatic carbocycles. The molecule has 0 radical (unpaired) electrons. The summed E-state index contributed by atoms with van der Waals surface area (Å²) < 4.78 is 21.2. The third kappa shape index (κ3) is 4.64. The number of carbonyl (C=O) groups excluding carboxylic acids is 1. The molecule has 3 rings (SSSR count). The molecule has 0 aliphatic rings. The minimum Gasteiger partial charge on any atom is -0.497 e. The fraction of sp³-hybridized carbons (Fsp3) is 0.176. The Labute approximate surface area is 167 Å². The highest BCUT2D eigenvalue weighted by molar-refractivity contribution is 9.10. The molecule has 1 amide bonds. The van der Waals surface area contributed by atoms with Gasteiger partial charge >= 0.3 is 0 Å². The molecule has 0 bridgehead atoms. The molecule has 27 heavy (non-hydrogen) atoms. The van der Waals surface area contributed by atoms with Gasteiger partial charge in [-0.25, -0.2) is 4.39 Å². The van der Waals surface area contributed by atoms with Crippen molar-refractivity contribution in [1.29, 1.82) is 0 Å². The number of methoxy groups -OCH3 is 1. The van der Waals surface area contributed by atoms with E-state index in [1.807, 2.05) is 0 Å². The zero-order valence-electron chi connectivity index (χ0n) is 14.4. The number of ether oxygens (including phenoxy) is 1. The smallest absolute Gasteiger partial charge is 0.237 e. The molecule has 7 nitrogen and oxygen atoms in total. The molecule has 0 fully saturated rings. The number of hydrogen-bond acceptors (Lipinski definition) is 6. The molecular formula is C17H15BrFN5O2S. The average Bonchev–Trinajstić information content (AvgIpc) is 3.12. The average molecular weight is 452 g/mol. The number of nitrogens with zero attached hydrogens (tertiary/aromatic N) is 4. The second-order valence-electron chi connectivity index (χ2n) is 5.44. The molecule has 10 heteroatoms. The van der Waals surface area contributed by atoms with E-state index in [2.05, 4.69) is 36.8 Å². The van der Waals surface area contributed by atoms with Crippen LogP contribution < -0.4 is 10.1 Å². The Bertz CT molecular complexity index is 951. The molecule has 0 aliphatic carbocycles. The third-order valence-corrected chi connectivity index (χ3v) is 5.12. The Kier molecular flexibility index (Phi) is 6.07. The predicted molar refractivity (Wildman–Crippen MR) is 104 cm³/mol. The molecular weight excluding hydrogens is 437 g/mol. The van der Waals surface area contributed by atoms with Crippen LogP contribution in [0.1, 0.15) is 6.92 Å². The van der Waals surface area contributed by atoms with E-state index in [9.17, 15) is 9.18 Å². The highest BCUT2D eigenvalue weighted by Crippen LogP contribution is 2.26. The van der Waals surface area contributed by atoms with Crippen molar-refractivity contribution in [2.45, 2.75) is 17.3 Å². The van der Waals surface area contributed by atoms with Crippen molar-refractivity contribution in [3.8, 4) is 11.4 Å². The maximum absolute atomic E-state index is 13.9. The first-order valence-corrected chi connectivity index (χ1v) is 9.50. The Hall–Kier alpha value is -2.46. The van der Waals surface area contributed by atoms with Gasteiger partial charge in [-0.2, -0.15) is 4.68 Å². The summed E-state index contributed by atoms with van der Waals surface area (Å²) in [6, 6.07) is 11.6. The molecule has 0 aliphatic heterocycles. The number of carbonyl (C=O) groups is 1. The van der Waals surface area contributed by atoms with Gasteiger partial charge in [0, 0.05) is 4.47 Å². The minimum atomic E-state index is -0.545. The minimum absolute atomic E-state index is 0.116. The summed E-state index contributed by atoms with van der Waals surface area (Å²) in [4.78, 5) is 12.4. The number of nitrogens with one attached hydrogen (secondary N) is 1. The summed E-state index contributed by atoms with van der Waals surface area (Å²) in [5.41, 5.74) is 0.847. The summed E-state index contributed by atoms with van der Waals surface area (Å²) in [6.45, 7) is 1.70. The Balaban J connectivity index is 1.71. The van der Waals surface area contributed by atoms with Gasteiger partial charge in [0.25, 0.3) is 0 Å². The lowest BCUT2D eigenvalue weighted by Crippen LogP contribution is -2.23. The second-order valence-corrected chi connectivity index (χ2v) is 7.67. The van der Waals surface area contributed by atoms with Gasteiger partial charge < -0.3 is 10.1 Å². The maximum atomic E-state index is 13.9. The largest absolute Gasteiger partial charge is 0.497 e. The molecule has 1 atom stereocenters. The van der Waals surface area contributed by atoms with E-state index in [0.717, 1.165) is 5.69 Å². The van der Waals surface area contributed by atoms with Gasteiger partial charge in [-0.1, -0.05) is 27.7 Å². The van der Waals surface area contributed by atoms with E-state index in [0.29, 0.717) is 15.4 Å². The van der Waals surface area contributed by atoms with Crippen molar-refractivity contribution >= 4 is 39.3 Å². The molecule has 1 heterocycles. The van der Waals surface area contributed by atoms with Crippen LogP contribution in [-0.2, 0) is 4.79 Å². The van der Waals surface area contributed by atoms with Crippen molar-refractivity contribution in [3.05, 3.63) is 52.8 Å². The van der Waals surface area contributed by atoms with Crippen molar-refractivity contribution in [2.24, 2.45) is 0 Å². The number of tetrazole rings is 1. The highest BCUT2D eigenvalue weighted by Gasteiger charge is 2.20. The van der Waals surface area contributed by atoms with E-state index in [1.54, 1.807) is 44.4 Å². The zero-order valence-corrected chi connectivity index (χ0v) is 16.8. The molecule has 0 saturated carbocycles. The molecule has 0 spiro atoms. The molecule has 1 unspecified atom stereocenters. The first-order chi connectivity index (χ1) is 13.0. The number of anilines is 1. The lowest BCUT2D eigenvalue weighted by Gasteiger charge is -2.12. The van der Waals surface area contributed by atoms with Crippen LogP contribution in [-0.4, -0.2) is 38.5 Å². The summed E-state index contributed by atoms with van der Waals surface area (Å²) in [5.74, 6) is -0.159. The molecule has 140 valence electrons. The topological polar surface area (TPSA) is 81.9 Å². The van der Waals surface area contributed by atoms with Gasteiger partial charge in [0.05, 0.1) is 23.7 Å². The van der Waals surface area contributed by atoms with Crippen molar-refractivity contribution in [1.82, 2.24) is 20.2 Å². The van der Waals surface area contributed by atoms with Crippen LogP contribution in [0.4, 0.5) is 10.1 Å². The van der Waals surface area contributed by atoms with Crippen LogP contribution in [0.3, 0.4) is 0 Å². The van der Waals surface area contributed by atoms with E-state index in [-0.39, 0.29) is 11.6 Å². The Morgan fingerprint density at radius 2 is 2.04 bits per heavy atom. The fourth-order valence-corrected chi connectivity index (χ4v) is 3.32. The lowest BCUT2D eigenvalue weighted by molar-refractivity contribution is -0.115. The monoisotopic (exact) mass is 451 g/mol. The zero-order chi connectivity index (χ0) is 19.4. The maximum Gasteiger partial charge on any atom is 0.237 e. The Morgan fingerprint density at radius 3 is 2.70 bits per heavy atom. The summed E-state index contributed by atoms with van der Waals surface area (Å²) in [5, 5.41) is 14.1. The van der Waals surface area contributed by atoms with Gasteiger partial charge in [-0.15, -0.1) is 5.10 Å². The van der Waals surface area contributed by atoms with E-state index >= 15 is 0 Å². The number of aromatic nitrogens is 4. The molecule has 0 saturated heterocycles. The van der Waals surface area contributed by atoms with Crippen LogP contribution in [0.5, 0.6) is 5.75 Å². The number of halogens is 2. The van der Waals surface area contributed by atoms with Gasteiger partial charge in [-0.3, -0.25) is 4.79 Å². The molecule has 1 aromatic heterocycles. The third-order valence-electron chi connectivity index (χ3n) is 3.60. The van der Waals surface area contributed by atoms with Gasteiger partial charge in [0.15, 0.2) is 0 Å².